The molecule has 1 aromatic heterocycles. The SMILES string of the molecule is NC1CCn2c(cc3cccc(Br)c32)C1. The second-order valence-electron chi connectivity index (χ2n) is 4.22. The zero-order chi connectivity index (χ0) is 10.4. The van der Waals surface area contributed by atoms with Crippen LogP contribution in [0, 0.1) is 0 Å². The Morgan fingerprint density at radius 1 is 1.40 bits per heavy atom. The van der Waals surface area contributed by atoms with Crippen molar-refractivity contribution in [1.82, 2.24) is 4.57 Å². The third-order valence-electron chi connectivity index (χ3n) is 3.15. The maximum Gasteiger partial charge on any atom is 0.0626 e. The highest BCUT2D eigenvalue weighted by Crippen LogP contribution is 2.30. The molecule has 0 radical (unpaired) electrons. The first-order valence-corrected chi connectivity index (χ1v) is 6.07. The van der Waals surface area contributed by atoms with Crippen molar-refractivity contribution in [3.63, 3.8) is 0 Å². The van der Waals surface area contributed by atoms with Gasteiger partial charge < -0.3 is 10.3 Å². The van der Waals surface area contributed by atoms with Crippen LogP contribution in [0.4, 0.5) is 0 Å². The highest BCUT2D eigenvalue weighted by molar-refractivity contribution is 9.10. The van der Waals surface area contributed by atoms with Gasteiger partial charge in [-0.05, 0) is 34.5 Å². The van der Waals surface area contributed by atoms with Crippen molar-refractivity contribution < 1.29 is 0 Å². The summed E-state index contributed by atoms with van der Waals surface area (Å²) >= 11 is 3.62. The average molecular weight is 265 g/mol. The molecular formula is C12H13BrN2. The van der Waals surface area contributed by atoms with Gasteiger partial charge in [-0.1, -0.05) is 12.1 Å². The smallest absolute Gasteiger partial charge is 0.0626 e. The summed E-state index contributed by atoms with van der Waals surface area (Å²) in [5.74, 6) is 0. The highest BCUT2D eigenvalue weighted by Gasteiger charge is 2.18. The number of rotatable bonds is 0. The van der Waals surface area contributed by atoms with E-state index in [1.165, 1.54) is 21.1 Å². The number of fused-ring (bicyclic) bond motifs is 3. The minimum Gasteiger partial charge on any atom is -0.344 e. The van der Waals surface area contributed by atoms with Gasteiger partial charge in [0, 0.05) is 34.6 Å². The third kappa shape index (κ3) is 1.42. The molecule has 1 aliphatic rings. The number of para-hydroxylation sites is 1. The van der Waals surface area contributed by atoms with Crippen molar-refractivity contribution in [2.24, 2.45) is 5.73 Å². The summed E-state index contributed by atoms with van der Waals surface area (Å²) in [7, 11) is 0. The Bertz CT molecular complexity index is 516. The minimum atomic E-state index is 0.334. The van der Waals surface area contributed by atoms with Crippen LogP contribution in [0.1, 0.15) is 12.1 Å². The second kappa shape index (κ2) is 3.35. The lowest BCUT2D eigenvalue weighted by molar-refractivity contribution is 0.480. The predicted molar refractivity (Wildman–Crippen MR) is 65.9 cm³/mol. The first-order chi connectivity index (χ1) is 7.25. The highest BCUT2D eigenvalue weighted by atomic mass is 79.9. The molecule has 0 amide bonds. The second-order valence-corrected chi connectivity index (χ2v) is 5.07. The minimum absolute atomic E-state index is 0.334. The lowest BCUT2D eigenvalue weighted by atomic mass is 10.1. The van der Waals surface area contributed by atoms with E-state index in [2.05, 4.69) is 44.8 Å². The molecule has 2 aromatic rings. The standard InChI is InChI=1S/C12H13BrN2/c13-11-3-1-2-8-6-10-7-9(14)4-5-15(10)12(8)11/h1-3,6,9H,4-5,7,14H2. The fraction of sp³-hybridized carbons (Fsp3) is 0.333. The third-order valence-corrected chi connectivity index (χ3v) is 3.79. The lowest BCUT2D eigenvalue weighted by Crippen LogP contribution is -2.30. The maximum atomic E-state index is 5.98. The zero-order valence-electron chi connectivity index (χ0n) is 8.41. The van der Waals surface area contributed by atoms with Crippen molar-refractivity contribution in [3.05, 3.63) is 34.4 Å². The Hall–Kier alpha value is -0.800. The van der Waals surface area contributed by atoms with Crippen LogP contribution in [0.2, 0.25) is 0 Å². The molecule has 2 heterocycles. The van der Waals surface area contributed by atoms with E-state index in [1.54, 1.807) is 0 Å². The van der Waals surface area contributed by atoms with Gasteiger partial charge in [-0.25, -0.2) is 0 Å². The van der Waals surface area contributed by atoms with Gasteiger partial charge in [0.25, 0.3) is 0 Å². The molecule has 0 saturated carbocycles. The van der Waals surface area contributed by atoms with Crippen LogP contribution >= 0.6 is 15.9 Å². The van der Waals surface area contributed by atoms with E-state index in [0.29, 0.717) is 6.04 Å². The number of benzene rings is 1. The van der Waals surface area contributed by atoms with Crippen LogP contribution in [0.3, 0.4) is 0 Å². The molecule has 1 atom stereocenters. The summed E-state index contributed by atoms with van der Waals surface area (Å²) in [6.45, 7) is 1.04. The van der Waals surface area contributed by atoms with E-state index >= 15 is 0 Å². The molecule has 78 valence electrons. The fourth-order valence-corrected chi connectivity index (χ4v) is 3.02. The van der Waals surface area contributed by atoms with Gasteiger partial charge in [0.2, 0.25) is 0 Å². The van der Waals surface area contributed by atoms with Crippen molar-refractivity contribution in [2.75, 3.05) is 0 Å². The van der Waals surface area contributed by atoms with E-state index in [1.807, 2.05) is 0 Å². The Balaban J connectivity index is 2.29. The molecule has 3 rings (SSSR count). The van der Waals surface area contributed by atoms with E-state index in [9.17, 15) is 0 Å². The Kier molecular flexibility index (Phi) is 2.11. The number of hydrogen-bond acceptors (Lipinski definition) is 1. The molecule has 2 N–H and O–H groups in total. The first-order valence-electron chi connectivity index (χ1n) is 5.28. The molecule has 15 heavy (non-hydrogen) atoms. The molecule has 0 saturated heterocycles. The van der Waals surface area contributed by atoms with Gasteiger partial charge in [0.15, 0.2) is 0 Å². The van der Waals surface area contributed by atoms with Crippen molar-refractivity contribution in [3.8, 4) is 0 Å². The maximum absolute atomic E-state index is 5.98. The van der Waals surface area contributed by atoms with Crippen LogP contribution in [-0.2, 0) is 13.0 Å². The van der Waals surface area contributed by atoms with Gasteiger partial charge in [-0.3, -0.25) is 0 Å². The number of halogens is 1. The topological polar surface area (TPSA) is 30.9 Å². The molecular weight excluding hydrogens is 252 g/mol. The Morgan fingerprint density at radius 3 is 3.13 bits per heavy atom. The summed E-state index contributed by atoms with van der Waals surface area (Å²) in [5.41, 5.74) is 8.67. The molecule has 0 bridgehead atoms. The summed E-state index contributed by atoms with van der Waals surface area (Å²) in [6.07, 6.45) is 2.08. The van der Waals surface area contributed by atoms with Crippen molar-refractivity contribution in [1.29, 1.82) is 0 Å². The molecule has 0 fully saturated rings. The van der Waals surface area contributed by atoms with E-state index in [0.717, 1.165) is 19.4 Å². The monoisotopic (exact) mass is 264 g/mol. The van der Waals surface area contributed by atoms with Gasteiger partial charge in [0.05, 0.1) is 5.52 Å². The van der Waals surface area contributed by atoms with E-state index in [-0.39, 0.29) is 0 Å². The predicted octanol–water partition coefficient (Wildman–Crippen LogP) is 2.68. The molecule has 1 aromatic carbocycles. The summed E-state index contributed by atoms with van der Waals surface area (Å²) in [4.78, 5) is 0. The van der Waals surface area contributed by atoms with Crippen LogP contribution in [0.15, 0.2) is 28.7 Å². The van der Waals surface area contributed by atoms with Gasteiger partial charge in [0.1, 0.15) is 0 Å². The average Bonchev–Trinajstić information content (AvgIpc) is 2.56. The van der Waals surface area contributed by atoms with Gasteiger partial charge >= 0.3 is 0 Å². The van der Waals surface area contributed by atoms with Crippen molar-refractivity contribution >= 4 is 26.8 Å². The number of nitrogens with two attached hydrogens (primary N) is 1. The molecule has 3 heteroatoms. The lowest BCUT2D eigenvalue weighted by Gasteiger charge is -2.21. The molecule has 0 aliphatic carbocycles. The molecule has 1 unspecified atom stereocenters. The first kappa shape index (κ1) is 9.43. The normalized spacial score (nSPS) is 20.5. The quantitative estimate of drug-likeness (QED) is 0.780. The Labute approximate surface area is 97.2 Å². The summed E-state index contributed by atoms with van der Waals surface area (Å²) in [5, 5.41) is 1.31. The summed E-state index contributed by atoms with van der Waals surface area (Å²) < 4.78 is 3.57. The number of aromatic nitrogens is 1. The molecule has 2 nitrogen and oxygen atoms in total. The molecule has 1 aliphatic heterocycles. The molecule has 0 spiro atoms. The summed E-state index contributed by atoms with van der Waals surface area (Å²) in [6, 6.07) is 8.94. The zero-order valence-corrected chi connectivity index (χ0v) is 10.00. The van der Waals surface area contributed by atoms with Crippen LogP contribution < -0.4 is 5.73 Å². The van der Waals surface area contributed by atoms with Gasteiger partial charge in [-0.15, -0.1) is 0 Å². The van der Waals surface area contributed by atoms with Crippen molar-refractivity contribution in [2.45, 2.75) is 25.4 Å². The van der Waals surface area contributed by atoms with E-state index in [4.69, 9.17) is 5.73 Å². The number of nitrogens with zero attached hydrogens (tertiary/aromatic N) is 1. The largest absolute Gasteiger partial charge is 0.344 e. The van der Waals surface area contributed by atoms with E-state index < -0.39 is 0 Å². The number of hydrogen-bond donors (Lipinski definition) is 1. The van der Waals surface area contributed by atoms with Gasteiger partial charge in [-0.2, -0.15) is 0 Å². The van der Waals surface area contributed by atoms with Crippen LogP contribution in [0.5, 0.6) is 0 Å². The fourth-order valence-electron chi connectivity index (χ4n) is 2.42. The van der Waals surface area contributed by atoms with Crippen LogP contribution in [-0.4, -0.2) is 10.6 Å². The number of aryl methyl sites for hydroxylation is 1. The van der Waals surface area contributed by atoms with Crippen LogP contribution in [0.25, 0.3) is 10.9 Å². The Morgan fingerprint density at radius 2 is 2.27 bits per heavy atom.